The Hall–Kier alpha value is -0.0800. The van der Waals surface area contributed by atoms with Crippen molar-refractivity contribution in [2.24, 2.45) is 5.92 Å². The molecule has 0 aromatic carbocycles. The third-order valence-corrected chi connectivity index (χ3v) is 3.63. The van der Waals surface area contributed by atoms with E-state index >= 15 is 0 Å². The fraction of sp³-hybridized carbons (Fsp3) is 1.00. The van der Waals surface area contributed by atoms with Crippen LogP contribution in [0.1, 0.15) is 46.0 Å². The molecule has 2 aliphatic rings. The molecular formula is C11H21NO. The van der Waals surface area contributed by atoms with E-state index in [0.717, 1.165) is 18.8 Å². The van der Waals surface area contributed by atoms with Crippen LogP contribution in [0.2, 0.25) is 0 Å². The van der Waals surface area contributed by atoms with E-state index in [1.807, 2.05) is 0 Å². The summed E-state index contributed by atoms with van der Waals surface area (Å²) in [6.07, 6.45) is 5.94. The minimum Gasteiger partial charge on any atom is -0.392 e. The van der Waals surface area contributed by atoms with Gasteiger partial charge in [-0.15, -0.1) is 0 Å². The zero-order valence-electron chi connectivity index (χ0n) is 8.71. The molecule has 13 heavy (non-hydrogen) atoms. The van der Waals surface area contributed by atoms with Gasteiger partial charge in [-0.25, -0.2) is 0 Å². The molecule has 0 bridgehead atoms. The van der Waals surface area contributed by atoms with Crippen LogP contribution in [0, 0.1) is 5.92 Å². The molecule has 2 N–H and O–H groups in total. The van der Waals surface area contributed by atoms with Crippen LogP contribution in [0.4, 0.5) is 0 Å². The maximum atomic E-state index is 9.69. The zero-order valence-corrected chi connectivity index (χ0v) is 8.71. The summed E-state index contributed by atoms with van der Waals surface area (Å²) in [4.78, 5) is 0. The number of aliphatic hydroxyl groups excluding tert-OH is 1. The molecule has 0 aromatic rings. The minimum absolute atomic E-state index is 0.0991. The van der Waals surface area contributed by atoms with Crippen molar-refractivity contribution in [2.75, 3.05) is 0 Å². The summed E-state index contributed by atoms with van der Waals surface area (Å²) in [5.74, 6) is 0.847. The van der Waals surface area contributed by atoms with Crippen LogP contribution in [0.25, 0.3) is 0 Å². The number of rotatable bonds is 3. The van der Waals surface area contributed by atoms with E-state index in [2.05, 4.69) is 19.2 Å². The van der Waals surface area contributed by atoms with Gasteiger partial charge in [-0.3, -0.25) is 0 Å². The van der Waals surface area contributed by atoms with E-state index in [1.54, 1.807) is 0 Å². The lowest BCUT2D eigenvalue weighted by Crippen LogP contribution is -2.50. The smallest absolute Gasteiger partial charge is 0.0693 e. The van der Waals surface area contributed by atoms with Crippen LogP contribution < -0.4 is 5.32 Å². The molecule has 0 unspecified atom stereocenters. The van der Waals surface area contributed by atoms with Gasteiger partial charge >= 0.3 is 0 Å². The second-order valence-corrected chi connectivity index (χ2v) is 5.25. The first kappa shape index (κ1) is 9.47. The summed E-state index contributed by atoms with van der Waals surface area (Å²) in [7, 11) is 0. The van der Waals surface area contributed by atoms with Crippen molar-refractivity contribution in [3.63, 3.8) is 0 Å². The summed E-state index contributed by atoms with van der Waals surface area (Å²) in [5, 5.41) is 13.3. The van der Waals surface area contributed by atoms with Gasteiger partial charge in [0.1, 0.15) is 0 Å². The highest BCUT2D eigenvalue weighted by Gasteiger charge is 2.40. The van der Waals surface area contributed by atoms with E-state index in [1.165, 1.54) is 19.3 Å². The highest BCUT2D eigenvalue weighted by molar-refractivity contribution is 4.98. The standard InChI is InChI=1S/C11H21NO/c1-11(2,8-6-7-8)12-9-4-3-5-10(9)13/h8-10,12-13H,3-7H2,1-2H3/t9-,10-/m1/s1. The predicted octanol–water partition coefficient (Wildman–Crippen LogP) is 1.68. The molecular weight excluding hydrogens is 162 g/mol. The molecule has 2 rings (SSSR count). The van der Waals surface area contributed by atoms with Crippen LogP contribution in [0.15, 0.2) is 0 Å². The van der Waals surface area contributed by atoms with Gasteiger partial charge in [0.25, 0.3) is 0 Å². The number of nitrogens with one attached hydrogen (secondary N) is 1. The SMILES string of the molecule is CC(C)(N[C@@H]1CCC[C@H]1O)C1CC1. The normalized spacial score (nSPS) is 35.3. The molecule has 2 atom stereocenters. The van der Waals surface area contributed by atoms with Crippen LogP contribution >= 0.6 is 0 Å². The summed E-state index contributed by atoms with van der Waals surface area (Å²) in [5.41, 5.74) is 0.246. The van der Waals surface area contributed by atoms with Gasteiger partial charge in [-0.05, 0) is 51.9 Å². The molecule has 0 aliphatic heterocycles. The largest absolute Gasteiger partial charge is 0.392 e. The van der Waals surface area contributed by atoms with Crippen molar-refractivity contribution < 1.29 is 5.11 Å². The van der Waals surface area contributed by atoms with Gasteiger partial charge in [-0.1, -0.05) is 0 Å². The molecule has 76 valence electrons. The lowest BCUT2D eigenvalue weighted by atomic mass is 9.96. The fourth-order valence-corrected chi connectivity index (χ4v) is 2.51. The second kappa shape index (κ2) is 3.25. The molecule has 2 saturated carbocycles. The maximum Gasteiger partial charge on any atom is 0.0693 e. The average Bonchev–Trinajstić information content (AvgIpc) is 2.80. The summed E-state index contributed by atoms with van der Waals surface area (Å²) < 4.78 is 0. The molecule has 2 aliphatic carbocycles. The van der Waals surface area contributed by atoms with Crippen LogP contribution in [0.5, 0.6) is 0 Å². The Balaban J connectivity index is 1.88. The predicted molar refractivity (Wildman–Crippen MR) is 53.6 cm³/mol. The maximum absolute atomic E-state index is 9.69. The quantitative estimate of drug-likeness (QED) is 0.697. The van der Waals surface area contributed by atoms with Gasteiger partial charge in [0.05, 0.1) is 6.10 Å². The van der Waals surface area contributed by atoms with Crippen molar-refractivity contribution in [1.29, 1.82) is 0 Å². The van der Waals surface area contributed by atoms with E-state index < -0.39 is 0 Å². The van der Waals surface area contributed by atoms with Crippen molar-refractivity contribution in [2.45, 2.75) is 63.6 Å². The lowest BCUT2D eigenvalue weighted by Gasteiger charge is -2.31. The molecule has 0 saturated heterocycles. The Morgan fingerprint density at radius 1 is 1.15 bits per heavy atom. The van der Waals surface area contributed by atoms with Crippen LogP contribution in [-0.4, -0.2) is 22.8 Å². The number of hydrogen-bond donors (Lipinski definition) is 2. The number of aliphatic hydroxyl groups is 1. The first-order valence-corrected chi connectivity index (χ1v) is 5.55. The van der Waals surface area contributed by atoms with E-state index in [9.17, 15) is 5.11 Å². The highest BCUT2D eigenvalue weighted by Crippen LogP contribution is 2.40. The number of hydrogen-bond acceptors (Lipinski definition) is 2. The van der Waals surface area contributed by atoms with Gasteiger partial charge in [0.15, 0.2) is 0 Å². The van der Waals surface area contributed by atoms with Crippen LogP contribution in [0.3, 0.4) is 0 Å². The Morgan fingerprint density at radius 3 is 2.31 bits per heavy atom. The monoisotopic (exact) mass is 183 g/mol. The van der Waals surface area contributed by atoms with Crippen molar-refractivity contribution in [3.8, 4) is 0 Å². The van der Waals surface area contributed by atoms with Crippen molar-refractivity contribution >= 4 is 0 Å². The molecule has 2 fully saturated rings. The molecule has 0 amide bonds. The third-order valence-electron chi connectivity index (χ3n) is 3.63. The molecule has 2 nitrogen and oxygen atoms in total. The third kappa shape index (κ3) is 2.05. The van der Waals surface area contributed by atoms with E-state index in [-0.39, 0.29) is 11.6 Å². The summed E-state index contributed by atoms with van der Waals surface area (Å²) >= 11 is 0. The molecule has 2 heteroatoms. The fourth-order valence-electron chi connectivity index (χ4n) is 2.51. The van der Waals surface area contributed by atoms with Gasteiger partial charge in [0.2, 0.25) is 0 Å². The first-order chi connectivity index (χ1) is 6.09. The van der Waals surface area contributed by atoms with E-state index in [4.69, 9.17) is 0 Å². The van der Waals surface area contributed by atoms with Gasteiger partial charge in [-0.2, -0.15) is 0 Å². The molecule has 0 aromatic heterocycles. The lowest BCUT2D eigenvalue weighted by molar-refractivity contribution is 0.127. The Bertz CT molecular complexity index is 187. The van der Waals surface area contributed by atoms with Crippen molar-refractivity contribution in [1.82, 2.24) is 5.32 Å². The molecule has 0 spiro atoms. The Labute approximate surface area is 80.7 Å². The average molecular weight is 183 g/mol. The summed E-state index contributed by atoms with van der Waals surface area (Å²) in [6, 6.07) is 0.357. The highest BCUT2D eigenvalue weighted by atomic mass is 16.3. The Morgan fingerprint density at radius 2 is 1.85 bits per heavy atom. The second-order valence-electron chi connectivity index (χ2n) is 5.25. The van der Waals surface area contributed by atoms with E-state index in [0.29, 0.717) is 6.04 Å². The topological polar surface area (TPSA) is 32.3 Å². The zero-order chi connectivity index (χ0) is 9.47. The molecule has 0 heterocycles. The van der Waals surface area contributed by atoms with Crippen molar-refractivity contribution in [3.05, 3.63) is 0 Å². The van der Waals surface area contributed by atoms with Gasteiger partial charge in [0, 0.05) is 11.6 Å². The molecule has 0 radical (unpaired) electrons. The van der Waals surface area contributed by atoms with Gasteiger partial charge < -0.3 is 10.4 Å². The summed E-state index contributed by atoms with van der Waals surface area (Å²) in [6.45, 7) is 4.55. The van der Waals surface area contributed by atoms with Crippen LogP contribution in [-0.2, 0) is 0 Å². The first-order valence-electron chi connectivity index (χ1n) is 5.55. The minimum atomic E-state index is -0.0991. The Kier molecular flexibility index (Phi) is 2.37.